The Morgan fingerprint density at radius 2 is 1.87 bits per heavy atom. The molecule has 2 aliphatic rings. The fourth-order valence-corrected chi connectivity index (χ4v) is 5.14. The van der Waals surface area contributed by atoms with Gasteiger partial charge in [0.25, 0.3) is 0 Å². The van der Waals surface area contributed by atoms with E-state index in [4.69, 9.17) is 0 Å². The lowest BCUT2D eigenvalue weighted by Gasteiger charge is -2.28. The second-order valence-electron chi connectivity index (χ2n) is 8.57. The van der Waals surface area contributed by atoms with Gasteiger partial charge in [-0.2, -0.15) is 0 Å². The number of aromatic nitrogens is 2. The molecule has 1 saturated heterocycles. The normalized spacial score (nSPS) is 20.2. The summed E-state index contributed by atoms with van der Waals surface area (Å²) in [4.78, 5) is 10.4. The van der Waals surface area contributed by atoms with Crippen LogP contribution < -0.4 is 0 Å². The molecular formula is C27H28FN3. The molecule has 5 rings (SSSR count). The maximum absolute atomic E-state index is 13.6. The molecule has 1 N–H and O–H groups in total. The highest BCUT2D eigenvalue weighted by Crippen LogP contribution is 2.43. The van der Waals surface area contributed by atoms with Crippen LogP contribution in [0.25, 0.3) is 28.0 Å². The standard InChI is InChI=1S/C27H28FN3/c1-3-4-19-15-24-16-22(11-14-31(24)17-19)25-18(2)30-27(21-5-7-23(28)8-6-21)26(25)20-9-12-29-13-10-20/h4-10,12-13,16,24,30H,3,11,14-15,17H2,1-2H3. The summed E-state index contributed by atoms with van der Waals surface area (Å²) in [7, 11) is 0. The Morgan fingerprint density at radius 3 is 2.61 bits per heavy atom. The van der Waals surface area contributed by atoms with E-state index in [9.17, 15) is 4.39 Å². The Labute approximate surface area is 183 Å². The maximum Gasteiger partial charge on any atom is 0.123 e. The van der Waals surface area contributed by atoms with Gasteiger partial charge in [0.05, 0.1) is 5.69 Å². The first-order valence-electron chi connectivity index (χ1n) is 11.2. The predicted molar refractivity (Wildman–Crippen MR) is 125 cm³/mol. The minimum Gasteiger partial charge on any atom is -0.358 e. The molecule has 0 spiro atoms. The van der Waals surface area contributed by atoms with Crippen LogP contribution in [0.3, 0.4) is 0 Å². The van der Waals surface area contributed by atoms with Gasteiger partial charge in [-0.25, -0.2) is 4.39 Å². The summed E-state index contributed by atoms with van der Waals surface area (Å²) in [5.41, 5.74) is 9.79. The topological polar surface area (TPSA) is 31.9 Å². The zero-order valence-electron chi connectivity index (χ0n) is 18.2. The monoisotopic (exact) mass is 413 g/mol. The number of pyridine rings is 1. The molecule has 158 valence electrons. The summed E-state index contributed by atoms with van der Waals surface area (Å²) in [5, 5.41) is 0. The Hall–Kier alpha value is -2.98. The molecule has 1 atom stereocenters. The first-order chi connectivity index (χ1) is 15.1. The summed E-state index contributed by atoms with van der Waals surface area (Å²) in [5.74, 6) is -0.218. The highest BCUT2D eigenvalue weighted by molar-refractivity contribution is 5.93. The molecule has 0 radical (unpaired) electrons. The lowest BCUT2D eigenvalue weighted by atomic mass is 9.89. The zero-order chi connectivity index (χ0) is 21.4. The lowest BCUT2D eigenvalue weighted by molar-refractivity contribution is 0.290. The molecule has 4 heterocycles. The summed E-state index contributed by atoms with van der Waals surface area (Å²) in [6, 6.07) is 11.4. The van der Waals surface area contributed by atoms with E-state index in [1.165, 1.54) is 28.8 Å². The van der Waals surface area contributed by atoms with Crippen LogP contribution in [-0.4, -0.2) is 34.0 Å². The fourth-order valence-electron chi connectivity index (χ4n) is 5.14. The molecule has 31 heavy (non-hydrogen) atoms. The van der Waals surface area contributed by atoms with Crippen molar-refractivity contribution in [3.05, 3.63) is 83.6 Å². The van der Waals surface area contributed by atoms with Gasteiger partial charge in [-0.1, -0.05) is 24.6 Å². The number of hydrogen-bond donors (Lipinski definition) is 1. The van der Waals surface area contributed by atoms with Crippen molar-refractivity contribution in [3.8, 4) is 22.4 Å². The second-order valence-corrected chi connectivity index (χ2v) is 8.57. The van der Waals surface area contributed by atoms with Crippen molar-refractivity contribution in [2.24, 2.45) is 0 Å². The average molecular weight is 414 g/mol. The van der Waals surface area contributed by atoms with Gasteiger partial charge in [0.1, 0.15) is 5.82 Å². The Morgan fingerprint density at radius 1 is 1.10 bits per heavy atom. The number of benzene rings is 1. The van der Waals surface area contributed by atoms with Crippen molar-refractivity contribution in [3.63, 3.8) is 0 Å². The number of aromatic amines is 1. The third-order valence-electron chi connectivity index (χ3n) is 6.51. The van der Waals surface area contributed by atoms with Gasteiger partial charge >= 0.3 is 0 Å². The fraction of sp³-hybridized carbons (Fsp3) is 0.296. The van der Waals surface area contributed by atoms with Crippen LogP contribution in [0.2, 0.25) is 0 Å². The summed E-state index contributed by atoms with van der Waals surface area (Å²) < 4.78 is 13.6. The van der Waals surface area contributed by atoms with E-state index in [0.717, 1.165) is 54.9 Å². The third kappa shape index (κ3) is 3.77. The molecule has 3 aromatic rings. The minimum absolute atomic E-state index is 0.218. The van der Waals surface area contributed by atoms with Gasteiger partial charge in [-0.05, 0) is 79.3 Å². The predicted octanol–water partition coefficient (Wildman–Crippen LogP) is 6.39. The molecule has 1 fully saturated rings. The van der Waals surface area contributed by atoms with E-state index in [1.54, 1.807) is 5.57 Å². The molecule has 0 bridgehead atoms. The first kappa shape index (κ1) is 20.0. The van der Waals surface area contributed by atoms with Crippen molar-refractivity contribution in [2.45, 2.75) is 39.2 Å². The van der Waals surface area contributed by atoms with Crippen LogP contribution in [0.5, 0.6) is 0 Å². The van der Waals surface area contributed by atoms with Gasteiger partial charge in [-0.3, -0.25) is 9.88 Å². The lowest BCUT2D eigenvalue weighted by Crippen LogP contribution is -2.32. The van der Waals surface area contributed by atoms with Gasteiger partial charge in [-0.15, -0.1) is 0 Å². The second kappa shape index (κ2) is 8.27. The summed E-state index contributed by atoms with van der Waals surface area (Å²) in [6.45, 7) is 6.56. The van der Waals surface area contributed by atoms with Gasteiger partial charge in [0, 0.05) is 48.3 Å². The van der Waals surface area contributed by atoms with E-state index in [0.29, 0.717) is 6.04 Å². The molecule has 2 aliphatic heterocycles. The number of allylic oxidation sites excluding steroid dienone is 1. The minimum atomic E-state index is -0.218. The van der Waals surface area contributed by atoms with E-state index in [-0.39, 0.29) is 5.82 Å². The highest BCUT2D eigenvalue weighted by Gasteiger charge is 2.31. The Kier molecular flexibility index (Phi) is 5.33. The Bertz CT molecular complexity index is 1140. The number of halogens is 1. The van der Waals surface area contributed by atoms with Gasteiger partial charge in [0.15, 0.2) is 0 Å². The smallest absolute Gasteiger partial charge is 0.123 e. The van der Waals surface area contributed by atoms with Crippen molar-refractivity contribution in [2.75, 3.05) is 13.1 Å². The van der Waals surface area contributed by atoms with E-state index in [2.05, 4.69) is 53.0 Å². The van der Waals surface area contributed by atoms with Crippen LogP contribution >= 0.6 is 0 Å². The van der Waals surface area contributed by atoms with Gasteiger partial charge in [0.2, 0.25) is 0 Å². The van der Waals surface area contributed by atoms with Crippen molar-refractivity contribution in [1.82, 2.24) is 14.9 Å². The van der Waals surface area contributed by atoms with Crippen LogP contribution in [0.4, 0.5) is 4.39 Å². The van der Waals surface area contributed by atoms with Crippen LogP contribution in [0, 0.1) is 12.7 Å². The number of aryl methyl sites for hydroxylation is 1. The van der Waals surface area contributed by atoms with E-state index in [1.807, 2.05) is 24.5 Å². The molecule has 2 aromatic heterocycles. The molecule has 1 aromatic carbocycles. The number of fused-ring (bicyclic) bond motifs is 1. The van der Waals surface area contributed by atoms with Crippen LogP contribution in [0.15, 0.2) is 66.5 Å². The number of rotatable bonds is 4. The molecular weight excluding hydrogens is 385 g/mol. The SMILES string of the molecule is CCC=C1CC2C=C(c3c(C)[nH]c(-c4ccc(F)cc4)c3-c3ccncc3)CCN2C1. The van der Waals surface area contributed by atoms with E-state index >= 15 is 0 Å². The molecule has 0 saturated carbocycles. The summed E-state index contributed by atoms with van der Waals surface area (Å²) in [6.07, 6.45) is 11.8. The number of nitrogens with zero attached hydrogens (tertiary/aromatic N) is 2. The quantitative estimate of drug-likeness (QED) is 0.503. The molecule has 1 unspecified atom stereocenters. The van der Waals surface area contributed by atoms with Crippen LogP contribution in [0.1, 0.15) is 37.4 Å². The van der Waals surface area contributed by atoms with Gasteiger partial charge < -0.3 is 4.98 Å². The van der Waals surface area contributed by atoms with E-state index < -0.39 is 0 Å². The number of nitrogens with one attached hydrogen (secondary N) is 1. The Balaban J connectivity index is 1.63. The van der Waals surface area contributed by atoms with Crippen molar-refractivity contribution in [1.29, 1.82) is 0 Å². The summed E-state index contributed by atoms with van der Waals surface area (Å²) >= 11 is 0. The maximum atomic E-state index is 13.6. The molecule has 0 aliphatic carbocycles. The number of H-pyrrole nitrogens is 1. The van der Waals surface area contributed by atoms with Crippen molar-refractivity contribution < 1.29 is 4.39 Å². The third-order valence-corrected chi connectivity index (χ3v) is 6.51. The van der Waals surface area contributed by atoms with Crippen LogP contribution in [-0.2, 0) is 0 Å². The molecule has 4 heteroatoms. The largest absolute Gasteiger partial charge is 0.358 e. The van der Waals surface area contributed by atoms with Crippen molar-refractivity contribution >= 4 is 5.57 Å². The zero-order valence-corrected chi connectivity index (χ0v) is 18.2. The molecule has 0 amide bonds. The average Bonchev–Trinajstić information content (AvgIpc) is 3.34. The highest BCUT2D eigenvalue weighted by atomic mass is 19.1. The first-order valence-corrected chi connectivity index (χ1v) is 11.2. The molecule has 3 nitrogen and oxygen atoms in total. The number of hydrogen-bond acceptors (Lipinski definition) is 2.